The maximum absolute atomic E-state index is 12.4. The SMILES string of the molecule is Cc1cc(C#N)ccc1S(=O)(=O)NC1CCC(N)CC1.Cl. The van der Waals surface area contributed by atoms with Gasteiger partial charge in [-0.25, -0.2) is 13.1 Å². The van der Waals surface area contributed by atoms with Gasteiger partial charge in [0.2, 0.25) is 10.0 Å². The van der Waals surface area contributed by atoms with Gasteiger partial charge in [-0.15, -0.1) is 12.4 Å². The van der Waals surface area contributed by atoms with E-state index in [1.807, 2.05) is 6.07 Å². The lowest BCUT2D eigenvalue weighted by Gasteiger charge is -2.26. The first kappa shape index (κ1) is 17.9. The Morgan fingerprint density at radius 3 is 2.43 bits per heavy atom. The third-order valence-electron chi connectivity index (χ3n) is 3.69. The van der Waals surface area contributed by atoms with E-state index in [0.29, 0.717) is 11.1 Å². The number of hydrogen-bond donors (Lipinski definition) is 2. The Kier molecular flexibility index (Phi) is 6.17. The summed E-state index contributed by atoms with van der Waals surface area (Å²) in [6.45, 7) is 1.70. The third-order valence-corrected chi connectivity index (χ3v) is 5.37. The van der Waals surface area contributed by atoms with Crippen molar-refractivity contribution in [2.45, 2.75) is 49.6 Å². The van der Waals surface area contributed by atoms with Crippen LogP contribution in [0.3, 0.4) is 0 Å². The summed E-state index contributed by atoms with van der Waals surface area (Å²) in [6, 6.07) is 6.75. The van der Waals surface area contributed by atoms with Crippen LogP contribution >= 0.6 is 12.4 Å². The van der Waals surface area contributed by atoms with Gasteiger partial charge >= 0.3 is 0 Å². The van der Waals surface area contributed by atoms with Gasteiger partial charge in [-0.1, -0.05) is 0 Å². The number of nitrogens with zero attached hydrogens (tertiary/aromatic N) is 1. The highest BCUT2D eigenvalue weighted by molar-refractivity contribution is 7.89. The molecule has 0 bridgehead atoms. The summed E-state index contributed by atoms with van der Waals surface area (Å²) in [5, 5.41) is 8.81. The number of halogens is 1. The van der Waals surface area contributed by atoms with Crippen LogP contribution in [0.2, 0.25) is 0 Å². The number of nitrogens with one attached hydrogen (secondary N) is 1. The van der Waals surface area contributed by atoms with Gasteiger partial charge < -0.3 is 5.73 Å². The minimum absolute atomic E-state index is 0. The van der Waals surface area contributed by atoms with Gasteiger partial charge in [0.1, 0.15) is 0 Å². The van der Waals surface area contributed by atoms with Crippen LogP contribution in [0.25, 0.3) is 0 Å². The molecule has 1 aromatic carbocycles. The summed E-state index contributed by atoms with van der Waals surface area (Å²) in [7, 11) is -3.53. The quantitative estimate of drug-likeness (QED) is 0.884. The molecular formula is C14H20ClN3O2S. The van der Waals surface area contributed by atoms with Gasteiger partial charge in [-0.2, -0.15) is 5.26 Å². The fraction of sp³-hybridized carbons (Fsp3) is 0.500. The fourth-order valence-corrected chi connectivity index (χ4v) is 4.07. The molecule has 1 aliphatic rings. The molecule has 0 atom stereocenters. The standard InChI is InChI=1S/C14H19N3O2S.ClH/c1-10-8-11(9-15)2-7-14(10)20(18,19)17-13-5-3-12(16)4-6-13;/h2,7-8,12-13,17H,3-6,16H2,1H3;1H. The lowest BCUT2D eigenvalue weighted by Crippen LogP contribution is -2.40. The minimum Gasteiger partial charge on any atom is -0.328 e. The van der Waals surface area contributed by atoms with E-state index in [1.165, 1.54) is 12.1 Å². The molecule has 21 heavy (non-hydrogen) atoms. The predicted molar refractivity (Wildman–Crippen MR) is 83.7 cm³/mol. The zero-order valence-electron chi connectivity index (χ0n) is 11.9. The van der Waals surface area contributed by atoms with Crippen molar-refractivity contribution in [3.05, 3.63) is 29.3 Å². The Morgan fingerprint density at radius 2 is 1.90 bits per heavy atom. The van der Waals surface area contributed by atoms with Crippen LogP contribution in [-0.4, -0.2) is 20.5 Å². The molecule has 0 aromatic heterocycles. The highest BCUT2D eigenvalue weighted by Gasteiger charge is 2.25. The van der Waals surface area contributed by atoms with Crippen LogP contribution in [-0.2, 0) is 10.0 Å². The molecule has 3 N–H and O–H groups in total. The minimum atomic E-state index is -3.53. The number of aryl methyl sites for hydroxylation is 1. The predicted octanol–water partition coefficient (Wildman–Crippen LogP) is 1.84. The van der Waals surface area contributed by atoms with Crippen LogP contribution < -0.4 is 10.5 Å². The fourth-order valence-electron chi connectivity index (χ4n) is 2.54. The molecule has 1 fully saturated rings. The molecule has 0 aliphatic heterocycles. The van der Waals surface area contributed by atoms with E-state index in [-0.39, 0.29) is 29.4 Å². The average Bonchev–Trinajstić information content (AvgIpc) is 2.40. The number of nitrogens with two attached hydrogens (primary N) is 1. The van der Waals surface area contributed by atoms with Crippen LogP contribution in [0, 0.1) is 18.3 Å². The first-order valence-corrected chi connectivity index (χ1v) is 8.19. The van der Waals surface area contributed by atoms with E-state index < -0.39 is 10.0 Å². The first-order chi connectivity index (χ1) is 9.42. The van der Waals surface area contributed by atoms with Gasteiger partial charge in [0.25, 0.3) is 0 Å². The summed E-state index contributed by atoms with van der Waals surface area (Å²) in [6.07, 6.45) is 3.24. The third kappa shape index (κ3) is 4.42. The number of benzene rings is 1. The monoisotopic (exact) mass is 329 g/mol. The van der Waals surface area contributed by atoms with Crippen molar-refractivity contribution in [2.24, 2.45) is 5.73 Å². The highest BCUT2D eigenvalue weighted by atomic mass is 35.5. The van der Waals surface area contributed by atoms with Crippen molar-refractivity contribution in [1.82, 2.24) is 4.72 Å². The molecule has 0 unspecified atom stereocenters. The Morgan fingerprint density at radius 1 is 1.29 bits per heavy atom. The number of rotatable bonds is 3. The molecule has 0 heterocycles. The summed E-state index contributed by atoms with van der Waals surface area (Å²) in [4.78, 5) is 0.242. The van der Waals surface area contributed by atoms with Crippen LogP contribution in [0.5, 0.6) is 0 Å². The molecule has 0 saturated heterocycles. The molecule has 1 aromatic rings. The molecule has 1 aliphatic carbocycles. The van der Waals surface area contributed by atoms with E-state index in [9.17, 15) is 8.42 Å². The molecule has 0 amide bonds. The van der Waals surface area contributed by atoms with Gasteiger partial charge in [0.05, 0.1) is 16.5 Å². The zero-order valence-corrected chi connectivity index (χ0v) is 13.5. The number of nitriles is 1. The topological polar surface area (TPSA) is 96.0 Å². The van der Waals surface area contributed by atoms with E-state index in [4.69, 9.17) is 11.0 Å². The van der Waals surface area contributed by atoms with Crippen LogP contribution in [0.4, 0.5) is 0 Å². The molecule has 7 heteroatoms. The largest absolute Gasteiger partial charge is 0.328 e. The van der Waals surface area contributed by atoms with Crippen molar-refractivity contribution < 1.29 is 8.42 Å². The molecular weight excluding hydrogens is 310 g/mol. The van der Waals surface area contributed by atoms with Gasteiger partial charge in [-0.05, 0) is 56.4 Å². The van der Waals surface area contributed by atoms with E-state index in [0.717, 1.165) is 25.7 Å². The summed E-state index contributed by atoms with van der Waals surface area (Å²) >= 11 is 0. The molecule has 2 rings (SSSR count). The second-order valence-corrected chi connectivity index (χ2v) is 7.01. The first-order valence-electron chi connectivity index (χ1n) is 6.71. The van der Waals surface area contributed by atoms with Gasteiger partial charge in [-0.3, -0.25) is 0 Å². The Balaban J connectivity index is 0.00000220. The summed E-state index contributed by atoms with van der Waals surface area (Å²) in [5.74, 6) is 0. The Bertz CT molecular complexity index is 632. The Labute approximate surface area is 132 Å². The van der Waals surface area contributed by atoms with Crippen molar-refractivity contribution in [2.75, 3.05) is 0 Å². The van der Waals surface area contributed by atoms with E-state index in [2.05, 4.69) is 4.72 Å². The van der Waals surface area contributed by atoms with Crippen molar-refractivity contribution in [3.8, 4) is 6.07 Å². The number of sulfonamides is 1. The zero-order chi connectivity index (χ0) is 14.8. The van der Waals surface area contributed by atoms with Crippen molar-refractivity contribution in [1.29, 1.82) is 5.26 Å². The molecule has 1 saturated carbocycles. The molecule has 0 radical (unpaired) electrons. The lowest BCUT2D eigenvalue weighted by molar-refractivity contribution is 0.373. The lowest BCUT2D eigenvalue weighted by atomic mass is 9.93. The summed E-state index contributed by atoms with van der Waals surface area (Å²) in [5.41, 5.74) is 6.87. The smallest absolute Gasteiger partial charge is 0.241 e. The van der Waals surface area contributed by atoms with Crippen LogP contribution in [0.15, 0.2) is 23.1 Å². The normalized spacial score (nSPS) is 22.1. The highest BCUT2D eigenvalue weighted by Crippen LogP contribution is 2.21. The van der Waals surface area contributed by atoms with Crippen molar-refractivity contribution >= 4 is 22.4 Å². The van der Waals surface area contributed by atoms with Gasteiger partial charge in [0.15, 0.2) is 0 Å². The summed E-state index contributed by atoms with van der Waals surface area (Å²) < 4.78 is 27.5. The van der Waals surface area contributed by atoms with Crippen LogP contribution in [0.1, 0.15) is 36.8 Å². The Hall–Kier alpha value is -1.13. The second kappa shape index (κ2) is 7.23. The van der Waals surface area contributed by atoms with E-state index in [1.54, 1.807) is 13.0 Å². The van der Waals surface area contributed by atoms with E-state index >= 15 is 0 Å². The molecule has 116 valence electrons. The number of hydrogen-bond acceptors (Lipinski definition) is 4. The average molecular weight is 330 g/mol. The maximum atomic E-state index is 12.4. The van der Waals surface area contributed by atoms with Gasteiger partial charge in [0, 0.05) is 12.1 Å². The maximum Gasteiger partial charge on any atom is 0.241 e. The second-order valence-electron chi connectivity index (χ2n) is 5.33. The van der Waals surface area contributed by atoms with Crippen molar-refractivity contribution in [3.63, 3.8) is 0 Å². The molecule has 0 spiro atoms. The molecule has 5 nitrogen and oxygen atoms in total.